The van der Waals surface area contributed by atoms with Crippen molar-refractivity contribution in [2.75, 3.05) is 11.0 Å². The summed E-state index contributed by atoms with van der Waals surface area (Å²) in [6.07, 6.45) is 0.998. The zero-order valence-electron chi connectivity index (χ0n) is 13.6. The standard InChI is InChI=1S/C17H15NO6S2/c1-25(20,21)18-15-9-5-8-14-13(15)10-11-16(17(14)19)26(22,23)24-12-6-3-2-4-7-12/h2-11,18-19H,1H3. The molecule has 0 fully saturated rings. The van der Waals surface area contributed by atoms with Crippen molar-refractivity contribution < 1.29 is 26.1 Å². The second kappa shape index (κ2) is 6.50. The summed E-state index contributed by atoms with van der Waals surface area (Å²) in [4.78, 5) is -0.412. The lowest BCUT2D eigenvalue weighted by Gasteiger charge is -2.12. The molecule has 0 spiro atoms. The van der Waals surface area contributed by atoms with E-state index in [1.807, 2.05) is 0 Å². The van der Waals surface area contributed by atoms with Crippen LogP contribution in [0.5, 0.6) is 11.5 Å². The van der Waals surface area contributed by atoms with Crippen LogP contribution in [0.15, 0.2) is 65.6 Å². The fourth-order valence-corrected chi connectivity index (χ4v) is 4.07. The SMILES string of the molecule is CS(=O)(=O)Nc1cccc2c(O)c(S(=O)(=O)Oc3ccccc3)ccc12. The molecule has 0 saturated carbocycles. The van der Waals surface area contributed by atoms with Crippen molar-refractivity contribution in [2.45, 2.75) is 4.90 Å². The van der Waals surface area contributed by atoms with Crippen LogP contribution in [-0.2, 0) is 20.1 Å². The Hall–Kier alpha value is -2.78. The molecule has 3 rings (SSSR count). The number of hydrogen-bond acceptors (Lipinski definition) is 6. The van der Waals surface area contributed by atoms with Crippen LogP contribution in [0, 0.1) is 0 Å². The zero-order chi connectivity index (χ0) is 18.9. The van der Waals surface area contributed by atoms with Crippen molar-refractivity contribution in [1.29, 1.82) is 0 Å². The molecule has 136 valence electrons. The van der Waals surface area contributed by atoms with Gasteiger partial charge in [0.25, 0.3) is 0 Å². The molecule has 0 bridgehead atoms. The predicted molar refractivity (Wildman–Crippen MR) is 98.3 cm³/mol. The fourth-order valence-electron chi connectivity index (χ4n) is 2.46. The van der Waals surface area contributed by atoms with Crippen LogP contribution in [-0.4, -0.2) is 28.2 Å². The second-order valence-corrected chi connectivity index (χ2v) is 8.80. The third-order valence-electron chi connectivity index (χ3n) is 3.51. The van der Waals surface area contributed by atoms with Crippen molar-refractivity contribution in [3.8, 4) is 11.5 Å². The highest BCUT2D eigenvalue weighted by molar-refractivity contribution is 7.92. The molecule has 3 aromatic carbocycles. The van der Waals surface area contributed by atoms with Crippen LogP contribution in [0.2, 0.25) is 0 Å². The topological polar surface area (TPSA) is 110 Å². The number of phenolic OH excluding ortho intramolecular Hbond substituents is 1. The van der Waals surface area contributed by atoms with Crippen LogP contribution < -0.4 is 8.91 Å². The Morgan fingerprint density at radius 2 is 1.54 bits per heavy atom. The highest BCUT2D eigenvalue weighted by Crippen LogP contribution is 2.36. The summed E-state index contributed by atoms with van der Waals surface area (Å²) >= 11 is 0. The van der Waals surface area contributed by atoms with Crippen molar-refractivity contribution >= 4 is 36.6 Å². The quantitative estimate of drug-likeness (QED) is 0.645. The van der Waals surface area contributed by atoms with E-state index in [0.29, 0.717) is 5.39 Å². The lowest BCUT2D eigenvalue weighted by Crippen LogP contribution is -2.11. The molecule has 0 unspecified atom stereocenters. The average molecular weight is 393 g/mol. The summed E-state index contributed by atoms with van der Waals surface area (Å²) < 4.78 is 55.3. The smallest absolute Gasteiger partial charge is 0.342 e. The Morgan fingerprint density at radius 1 is 0.846 bits per heavy atom. The van der Waals surface area contributed by atoms with E-state index in [1.54, 1.807) is 18.2 Å². The van der Waals surface area contributed by atoms with E-state index < -0.39 is 30.8 Å². The third kappa shape index (κ3) is 3.73. The number of aromatic hydroxyl groups is 1. The molecule has 0 aliphatic rings. The van der Waals surface area contributed by atoms with Gasteiger partial charge in [-0.3, -0.25) is 4.72 Å². The minimum atomic E-state index is -4.27. The maximum absolute atomic E-state index is 12.5. The zero-order valence-corrected chi connectivity index (χ0v) is 15.2. The van der Waals surface area contributed by atoms with Crippen LogP contribution in [0.1, 0.15) is 0 Å². The molecule has 0 aliphatic carbocycles. The van der Waals surface area contributed by atoms with Gasteiger partial charge in [0.2, 0.25) is 10.0 Å². The average Bonchev–Trinajstić information content (AvgIpc) is 2.55. The van der Waals surface area contributed by atoms with Crippen molar-refractivity contribution in [3.63, 3.8) is 0 Å². The van der Waals surface area contributed by atoms with E-state index in [-0.39, 0.29) is 16.8 Å². The number of phenols is 1. The number of hydrogen-bond donors (Lipinski definition) is 2. The Labute approximate surface area is 151 Å². The maximum Gasteiger partial charge on any atom is 0.342 e. The first-order valence-electron chi connectivity index (χ1n) is 7.39. The molecule has 26 heavy (non-hydrogen) atoms. The van der Waals surface area contributed by atoms with Gasteiger partial charge in [0, 0.05) is 10.8 Å². The van der Waals surface area contributed by atoms with Gasteiger partial charge >= 0.3 is 10.1 Å². The van der Waals surface area contributed by atoms with Gasteiger partial charge in [-0.2, -0.15) is 8.42 Å². The Bertz CT molecular complexity index is 1170. The van der Waals surface area contributed by atoms with Gasteiger partial charge in [0.15, 0.2) is 0 Å². The highest BCUT2D eigenvalue weighted by Gasteiger charge is 2.23. The molecule has 0 aromatic heterocycles. The number of rotatable bonds is 5. The summed E-state index contributed by atoms with van der Waals surface area (Å²) in [5.41, 5.74) is 0.230. The largest absolute Gasteiger partial charge is 0.506 e. The van der Waals surface area contributed by atoms with E-state index in [1.165, 1.54) is 42.5 Å². The molecule has 0 radical (unpaired) electrons. The van der Waals surface area contributed by atoms with Gasteiger partial charge < -0.3 is 9.29 Å². The lowest BCUT2D eigenvalue weighted by molar-refractivity contribution is 0.449. The Morgan fingerprint density at radius 3 is 2.19 bits per heavy atom. The molecular formula is C17H15NO6S2. The molecule has 7 nitrogen and oxygen atoms in total. The van der Waals surface area contributed by atoms with Gasteiger partial charge in [-0.25, -0.2) is 8.42 Å². The molecule has 0 saturated heterocycles. The van der Waals surface area contributed by atoms with Gasteiger partial charge in [-0.15, -0.1) is 0 Å². The molecule has 2 N–H and O–H groups in total. The van der Waals surface area contributed by atoms with E-state index in [2.05, 4.69) is 4.72 Å². The van der Waals surface area contributed by atoms with E-state index in [9.17, 15) is 21.9 Å². The van der Waals surface area contributed by atoms with Gasteiger partial charge in [0.1, 0.15) is 16.4 Å². The van der Waals surface area contributed by atoms with Crippen molar-refractivity contribution in [2.24, 2.45) is 0 Å². The van der Waals surface area contributed by atoms with Crippen LogP contribution in [0.4, 0.5) is 5.69 Å². The molecular weight excluding hydrogens is 378 g/mol. The second-order valence-electron chi connectivity index (χ2n) is 5.54. The van der Waals surface area contributed by atoms with E-state index in [4.69, 9.17) is 4.18 Å². The van der Waals surface area contributed by atoms with Gasteiger partial charge in [-0.1, -0.05) is 36.4 Å². The maximum atomic E-state index is 12.5. The number of benzene rings is 3. The van der Waals surface area contributed by atoms with Crippen LogP contribution >= 0.6 is 0 Å². The summed E-state index contributed by atoms with van der Waals surface area (Å²) in [7, 11) is -7.81. The number of sulfonamides is 1. The molecule has 0 atom stereocenters. The molecule has 0 aliphatic heterocycles. The van der Waals surface area contributed by atoms with E-state index in [0.717, 1.165) is 6.26 Å². The van der Waals surface area contributed by atoms with E-state index >= 15 is 0 Å². The van der Waals surface area contributed by atoms with Gasteiger partial charge in [-0.05, 0) is 24.3 Å². The molecule has 0 heterocycles. The number of fused-ring (bicyclic) bond motifs is 1. The summed E-state index contributed by atoms with van der Waals surface area (Å²) in [6, 6.07) is 15.0. The first-order chi connectivity index (χ1) is 12.2. The van der Waals surface area contributed by atoms with Gasteiger partial charge in [0.05, 0.1) is 11.9 Å². The monoisotopic (exact) mass is 393 g/mol. The number of anilines is 1. The first-order valence-corrected chi connectivity index (χ1v) is 10.7. The first kappa shape index (κ1) is 18.0. The Balaban J connectivity index is 2.10. The number of para-hydroxylation sites is 1. The van der Waals surface area contributed by atoms with Crippen molar-refractivity contribution in [1.82, 2.24) is 0 Å². The molecule has 9 heteroatoms. The van der Waals surface area contributed by atoms with Crippen LogP contribution in [0.3, 0.4) is 0 Å². The summed E-state index contributed by atoms with van der Waals surface area (Å²) in [6.45, 7) is 0. The lowest BCUT2D eigenvalue weighted by atomic mass is 10.1. The summed E-state index contributed by atoms with van der Waals surface area (Å²) in [5, 5.41) is 11.0. The molecule has 3 aromatic rings. The minimum Gasteiger partial charge on any atom is -0.506 e. The predicted octanol–water partition coefficient (Wildman–Crippen LogP) is 2.68. The molecule has 0 amide bonds. The minimum absolute atomic E-state index is 0.111. The van der Waals surface area contributed by atoms with Crippen molar-refractivity contribution in [3.05, 3.63) is 60.7 Å². The summed E-state index contributed by atoms with van der Waals surface area (Å²) in [5.74, 6) is -0.407. The fraction of sp³-hybridized carbons (Fsp3) is 0.0588. The highest BCUT2D eigenvalue weighted by atomic mass is 32.2. The number of nitrogens with one attached hydrogen (secondary N) is 1. The normalized spacial score (nSPS) is 12.0. The van der Waals surface area contributed by atoms with Crippen LogP contribution in [0.25, 0.3) is 10.8 Å². The Kier molecular flexibility index (Phi) is 4.51. The third-order valence-corrected chi connectivity index (χ3v) is 5.38.